The predicted octanol–water partition coefficient (Wildman–Crippen LogP) is 1.84. The quantitative estimate of drug-likeness (QED) is 0.684. The van der Waals surface area contributed by atoms with Crippen LogP contribution >= 0.6 is 11.3 Å². The van der Waals surface area contributed by atoms with Gasteiger partial charge in [-0.3, -0.25) is 10.2 Å². The molecule has 82 valence electrons. The molecule has 5 heteroatoms. The average molecular weight is 230 g/mol. The molecule has 0 spiro atoms. The average Bonchev–Trinajstić information content (AvgIpc) is 2.63. The minimum atomic E-state index is -2.72. The van der Waals surface area contributed by atoms with Crippen LogP contribution < -0.4 is 5.32 Å². The highest BCUT2D eigenvalue weighted by molar-refractivity contribution is 7.10. The number of hydrogen-bond acceptors (Lipinski definition) is 3. The van der Waals surface area contributed by atoms with Crippen molar-refractivity contribution in [2.75, 3.05) is 19.6 Å². The third kappa shape index (κ3) is 1.58. The van der Waals surface area contributed by atoms with Gasteiger partial charge < -0.3 is 0 Å². The van der Waals surface area contributed by atoms with E-state index in [9.17, 15) is 8.78 Å². The van der Waals surface area contributed by atoms with Gasteiger partial charge in [0.1, 0.15) is 0 Å². The van der Waals surface area contributed by atoms with Crippen molar-refractivity contribution in [3.63, 3.8) is 0 Å². The van der Waals surface area contributed by atoms with Crippen LogP contribution in [0.4, 0.5) is 8.78 Å². The fourth-order valence-corrected chi connectivity index (χ4v) is 3.49. The Morgan fingerprint density at radius 3 is 3.27 bits per heavy atom. The van der Waals surface area contributed by atoms with E-state index in [0.717, 1.165) is 13.0 Å². The van der Waals surface area contributed by atoms with E-state index >= 15 is 0 Å². The number of alkyl halides is 2. The highest BCUT2D eigenvalue weighted by atomic mass is 32.1. The molecule has 1 N–H and O–H groups in total. The Kier molecular flexibility index (Phi) is 2.09. The van der Waals surface area contributed by atoms with Gasteiger partial charge in [-0.05, 0) is 23.4 Å². The van der Waals surface area contributed by atoms with Gasteiger partial charge in [0.2, 0.25) is 0 Å². The first-order valence-corrected chi connectivity index (χ1v) is 5.97. The normalized spacial score (nSPS) is 29.6. The van der Waals surface area contributed by atoms with Gasteiger partial charge in [-0.1, -0.05) is 0 Å². The second kappa shape index (κ2) is 3.23. The molecular weight excluding hydrogens is 218 g/mol. The number of nitrogens with zero attached hydrogens (tertiary/aromatic N) is 1. The van der Waals surface area contributed by atoms with Crippen LogP contribution in [0.3, 0.4) is 0 Å². The lowest BCUT2D eigenvalue weighted by Gasteiger charge is -2.42. The fourth-order valence-electron chi connectivity index (χ4n) is 2.40. The third-order valence-electron chi connectivity index (χ3n) is 3.15. The highest BCUT2D eigenvalue weighted by Crippen LogP contribution is 2.37. The molecule has 0 aliphatic carbocycles. The lowest BCUT2D eigenvalue weighted by atomic mass is 9.99. The minimum absolute atomic E-state index is 0.158. The van der Waals surface area contributed by atoms with Gasteiger partial charge in [-0.2, -0.15) is 8.78 Å². The molecule has 3 heterocycles. The predicted molar refractivity (Wildman–Crippen MR) is 55.3 cm³/mol. The van der Waals surface area contributed by atoms with Crippen molar-refractivity contribution in [1.29, 1.82) is 0 Å². The topological polar surface area (TPSA) is 15.3 Å². The maximum absolute atomic E-state index is 13.1. The van der Waals surface area contributed by atoms with E-state index in [2.05, 4.69) is 16.8 Å². The second-order valence-corrected chi connectivity index (χ2v) is 5.08. The van der Waals surface area contributed by atoms with Gasteiger partial charge in [0.05, 0.1) is 12.6 Å². The summed E-state index contributed by atoms with van der Waals surface area (Å²) < 4.78 is 26.3. The van der Waals surface area contributed by atoms with Crippen LogP contribution in [-0.4, -0.2) is 30.6 Å². The molecule has 0 aromatic carbocycles. The maximum Gasteiger partial charge on any atom is 0.315 e. The van der Waals surface area contributed by atoms with Crippen LogP contribution in [0.15, 0.2) is 11.4 Å². The Bertz CT molecular complexity index is 377. The zero-order valence-corrected chi connectivity index (χ0v) is 8.99. The lowest BCUT2D eigenvalue weighted by Crippen LogP contribution is -2.57. The smallest absolute Gasteiger partial charge is 0.287 e. The molecule has 1 aromatic rings. The Morgan fingerprint density at radius 2 is 2.40 bits per heavy atom. The Labute approximate surface area is 90.9 Å². The van der Waals surface area contributed by atoms with Crippen LogP contribution in [0.2, 0.25) is 0 Å². The van der Waals surface area contributed by atoms with Gasteiger partial charge in [-0.15, -0.1) is 11.3 Å². The first kappa shape index (κ1) is 9.69. The summed E-state index contributed by atoms with van der Waals surface area (Å²) in [5.41, 5.74) is 1.34. The maximum atomic E-state index is 13.1. The molecule has 2 nitrogen and oxygen atoms in total. The van der Waals surface area contributed by atoms with E-state index in [1.54, 1.807) is 11.3 Å². The molecular formula is C10H12F2N2S. The number of rotatable bonds is 0. The molecule has 1 unspecified atom stereocenters. The van der Waals surface area contributed by atoms with Crippen molar-refractivity contribution >= 4 is 11.3 Å². The van der Waals surface area contributed by atoms with Crippen molar-refractivity contribution in [2.24, 2.45) is 0 Å². The number of piperazine rings is 1. The van der Waals surface area contributed by atoms with Crippen LogP contribution in [0.1, 0.15) is 16.5 Å². The van der Waals surface area contributed by atoms with Crippen LogP contribution in [0, 0.1) is 0 Å². The number of fused-ring (bicyclic) bond motifs is 3. The third-order valence-corrected chi connectivity index (χ3v) is 4.21. The Balaban J connectivity index is 1.90. The van der Waals surface area contributed by atoms with Crippen molar-refractivity contribution in [1.82, 2.24) is 10.2 Å². The van der Waals surface area contributed by atoms with Gasteiger partial charge >= 0.3 is 6.05 Å². The van der Waals surface area contributed by atoms with E-state index in [0.29, 0.717) is 6.54 Å². The van der Waals surface area contributed by atoms with Crippen LogP contribution in [0.5, 0.6) is 0 Å². The highest BCUT2D eigenvalue weighted by Gasteiger charge is 2.42. The molecule has 1 aromatic heterocycles. The molecule has 15 heavy (non-hydrogen) atoms. The molecule has 0 bridgehead atoms. The van der Waals surface area contributed by atoms with Crippen LogP contribution in [0.25, 0.3) is 0 Å². The van der Waals surface area contributed by atoms with Gasteiger partial charge in [0.25, 0.3) is 0 Å². The Morgan fingerprint density at radius 1 is 1.53 bits per heavy atom. The number of halogens is 2. The monoisotopic (exact) mass is 230 g/mol. The number of hydrogen-bond donors (Lipinski definition) is 1. The van der Waals surface area contributed by atoms with E-state index in [4.69, 9.17) is 0 Å². The summed E-state index contributed by atoms with van der Waals surface area (Å²) in [4.78, 5) is 3.17. The summed E-state index contributed by atoms with van der Waals surface area (Å²) in [5, 5.41) is 4.38. The fraction of sp³-hybridized carbons (Fsp3) is 0.600. The summed E-state index contributed by atoms with van der Waals surface area (Å²) in [7, 11) is 0. The van der Waals surface area contributed by atoms with Gasteiger partial charge in [0.15, 0.2) is 0 Å². The SMILES string of the molecule is FC1(F)CN2CCc3ccsc3C2CN1. The molecule has 1 fully saturated rings. The van der Waals surface area contributed by atoms with E-state index < -0.39 is 6.05 Å². The van der Waals surface area contributed by atoms with Crippen molar-refractivity contribution in [2.45, 2.75) is 18.5 Å². The molecule has 0 saturated carbocycles. The molecule has 1 atom stereocenters. The summed E-state index contributed by atoms with van der Waals surface area (Å²) in [5.74, 6) is 0. The van der Waals surface area contributed by atoms with Crippen molar-refractivity contribution in [3.05, 3.63) is 21.9 Å². The van der Waals surface area contributed by atoms with Gasteiger partial charge in [-0.25, -0.2) is 0 Å². The van der Waals surface area contributed by atoms with E-state index in [1.165, 1.54) is 10.4 Å². The zero-order chi connectivity index (χ0) is 10.5. The summed E-state index contributed by atoms with van der Waals surface area (Å²) >= 11 is 1.68. The van der Waals surface area contributed by atoms with Crippen LogP contribution in [-0.2, 0) is 6.42 Å². The van der Waals surface area contributed by atoms with E-state index in [1.807, 2.05) is 4.90 Å². The molecule has 1 saturated heterocycles. The van der Waals surface area contributed by atoms with E-state index in [-0.39, 0.29) is 12.6 Å². The standard InChI is InChI=1S/C10H12F2N2S/c11-10(12)6-14-3-1-7-2-4-15-9(7)8(14)5-13-10/h2,4,8,13H,1,3,5-6H2. The largest absolute Gasteiger partial charge is 0.315 e. The molecule has 0 amide bonds. The minimum Gasteiger partial charge on any atom is -0.287 e. The Hall–Kier alpha value is -0.520. The van der Waals surface area contributed by atoms with Crippen molar-refractivity contribution < 1.29 is 8.78 Å². The summed E-state index contributed by atoms with van der Waals surface area (Å²) in [6.45, 7) is 0.960. The number of nitrogens with one attached hydrogen (secondary N) is 1. The first-order valence-electron chi connectivity index (χ1n) is 5.09. The lowest BCUT2D eigenvalue weighted by molar-refractivity contribution is -0.102. The molecule has 2 aliphatic rings. The first-order chi connectivity index (χ1) is 7.16. The molecule has 2 aliphatic heterocycles. The molecule has 0 radical (unpaired) electrons. The summed E-state index contributed by atoms with van der Waals surface area (Å²) in [6, 6.07) is -0.441. The van der Waals surface area contributed by atoms with Gasteiger partial charge in [0, 0.05) is 18.0 Å². The number of thiophene rings is 1. The van der Waals surface area contributed by atoms with Crippen molar-refractivity contribution in [3.8, 4) is 0 Å². The molecule has 3 rings (SSSR count). The second-order valence-electron chi connectivity index (χ2n) is 4.13. The zero-order valence-electron chi connectivity index (χ0n) is 8.17. The summed E-state index contributed by atoms with van der Waals surface area (Å²) in [6.07, 6.45) is 0.908.